The molecule has 14 heavy (non-hydrogen) atoms. The molecule has 1 aliphatic heterocycles. The van der Waals surface area contributed by atoms with Crippen molar-refractivity contribution in [2.24, 2.45) is 0 Å². The first kappa shape index (κ1) is 9.69. The number of hydrogen-bond acceptors (Lipinski definition) is 1. The quantitative estimate of drug-likeness (QED) is 0.689. The molecule has 2 nitrogen and oxygen atoms in total. The van der Waals surface area contributed by atoms with E-state index in [9.17, 15) is 0 Å². The molecule has 0 spiro atoms. The Bertz CT molecular complexity index is 250. The Hall–Kier alpha value is -0.860. The highest BCUT2D eigenvalue weighted by Gasteiger charge is 2.08. The largest absolute Gasteiger partial charge is 0.298 e. The molecule has 2 rings (SSSR count). The average molecular weight is 189 g/mol. The summed E-state index contributed by atoms with van der Waals surface area (Å²) in [5.74, 6) is 0. The molecular formula is C12H17N2. The van der Waals surface area contributed by atoms with Gasteiger partial charge in [0.1, 0.15) is 0 Å². The predicted molar refractivity (Wildman–Crippen MR) is 58.2 cm³/mol. The summed E-state index contributed by atoms with van der Waals surface area (Å²) < 4.78 is 0. The maximum absolute atomic E-state index is 4.42. The Morgan fingerprint density at radius 1 is 1.07 bits per heavy atom. The van der Waals surface area contributed by atoms with Crippen molar-refractivity contribution in [3.8, 4) is 0 Å². The van der Waals surface area contributed by atoms with Gasteiger partial charge in [0.25, 0.3) is 0 Å². The fourth-order valence-corrected chi connectivity index (χ4v) is 1.84. The monoisotopic (exact) mass is 189 g/mol. The van der Waals surface area contributed by atoms with Gasteiger partial charge in [-0.25, -0.2) is 5.32 Å². The molecule has 1 saturated heterocycles. The van der Waals surface area contributed by atoms with Crippen molar-refractivity contribution < 1.29 is 0 Å². The van der Waals surface area contributed by atoms with Crippen LogP contribution in [0.15, 0.2) is 30.3 Å². The Labute approximate surface area is 85.9 Å². The topological polar surface area (TPSA) is 17.3 Å². The zero-order chi connectivity index (χ0) is 9.64. The molecule has 75 valence electrons. The predicted octanol–water partition coefficient (Wildman–Crippen LogP) is 1.50. The van der Waals surface area contributed by atoms with Gasteiger partial charge in [0, 0.05) is 26.2 Å². The molecule has 0 bridgehead atoms. The Morgan fingerprint density at radius 2 is 1.93 bits per heavy atom. The molecule has 1 radical (unpaired) electrons. The molecule has 1 aliphatic rings. The first-order chi connectivity index (χ1) is 6.95. The van der Waals surface area contributed by atoms with Crippen molar-refractivity contribution >= 4 is 0 Å². The van der Waals surface area contributed by atoms with Gasteiger partial charge in [-0.1, -0.05) is 30.3 Å². The summed E-state index contributed by atoms with van der Waals surface area (Å²) in [6.45, 7) is 5.45. The van der Waals surface area contributed by atoms with Crippen LogP contribution in [0.2, 0.25) is 0 Å². The number of rotatable bonds is 2. The molecule has 1 fully saturated rings. The summed E-state index contributed by atoms with van der Waals surface area (Å²) in [6.07, 6.45) is 1.22. The van der Waals surface area contributed by atoms with E-state index in [0.29, 0.717) is 0 Å². The standard InChI is InChI=1S/C12H17N2/c1-2-5-12(6-3-1)11-14-9-4-7-13-8-10-14/h1-3,5-6H,4,7-11H2. The third-order valence-corrected chi connectivity index (χ3v) is 2.61. The van der Waals surface area contributed by atoms with Crippen LogP contribution in [0.25, 0.3) is 0 Å². The average Bonchev–Trinajstić information content (AvgIpc) is 2.48. The minimum absolute atomic E-state index is 1.01. The van der Waals surface area contributed by atoms with Crippen LogP contribution < -0.4 is 5.32 Å². The van der Waals surface area contributed by atoms with E-state index in [1.54, 1.807) is 0 Å². The van der Waals surface area contributed by atoms with Gasteiger partial charge in [-0.05, 0) is 18.5 Å². The minimum Gasteiger partial charge on any atom is -0.298 e. The van der Waals surface area contributed by atoms with Crippen LogP contribution in [0, 0.1) is 0 Å². The Kier molecular flexibility index (Phi) is 3.55. The third-order valence-electron chi connectivity index (χ3n) is 2.61. The van der Waals surface area contributed by atoms with Crippen LogP contribution in [-0.4, -0.2) is 31.1 Å². The van der Waals surface area contributed by atoms with Gasteiger partial charge in [0.05, 0.1) is 0 Å². The lowest BCUT2D eigenvalue weighted by atomic mass is 10.2. The number of benzene rings is 1. The fourth-order valence-electron chi connectivity index (χ4n) is 1.84. The molecule has 1 heterocycles. The first-order valence-electron chi connectivity index (χ1n) is 5.35. The molecule has 1 aromatic rings. The molecule has 0 aromatic heterocycles. The van der Waals surface area contributed by atoms with E-state index >= 15 is 0 Å². The third kappa shape index (κ3) is 2.82. The highest BCUT2D eigenvalue weighted by atomic mass is 15.1. The second-order valence-electron chi connectivity index (χ2n) is 3.79. The van der Waals surface area contributed by atoms with Gasteiger partial charge in [0.15, 0.2) is 0 Å². The van der Waals surface area contributed by atoms with Gasteiger partial charge in [0.2, 0.25) is 0 Å². The van der Waals surface area contributed by atoms with Gasteiger partial charge < -0.3 is 0 Å². The number of hydrogen-bond donors (Lipinski definition) is 0. The second kappa shape index (κ2) is 5.13. The highest BCUT2D eigenvalue weighted by Crippen LogP contribution is 2.05. The minimum atomic E-state index is 1.01. The van der Waals surface area contributed by atoms with Gasteiger partial charge >= 0.3 is 0 Å². The van der Waals surface area contributed by atoms with E-state index in [1.165, 1.54) is 18.5 Å². The fraction of sp³-hybridized carbons (Fsp3) is 0.500. The van der Waals surface area contributed by atoms with Crippen LogP contribution >= 0.6 is 0 Å². The van der Waals surface area contributed by atoms with Crippen LogP contribution in [-0.2, 0) is 6.54 Å². The molecule has 0 atom stereocenters. The van der Waals surface area contributed by atoms with Crippen molar-refractivity contribution in [2.75, 3.05) is 26.2 Å². The van der Waals surface area contributed by atoms with Crippen LogP contribution in [0.1, 0.15) is 12.0 Å². The smallest absolute Gasteiger partial charge is 0.0261 e. The first-order valence-corrected chi connectivity index (χ1v) is 5.35. The zero-order valence-electron chi connectivity index (χ0n) is 8.52. The lowest BCUT2D eigenvalue weighted by molar-refractivity contribution is 0.284. The molecule has 0 aliphatic carbocycles. The Balaban J connectivity index is 1.90. The summed E-state index contributed by atoms with van der Waals surface area (Å²) in [5, 5.41) is 4.42. The van der Waals surface area contributed by atoms with E-state index in [1.807, 2.05) is 0 Å². The van der Waals surface area contributed by atoms with Crippen molar-refractivity contribution in [2.45, 2.75) is 13.0 Å². The highest BCUT2D eigenvalue weighted by molar-refractivity contribution is 5.14. The van der Waals surface area contributed by atoms with Crippen LogP contribution in [0.4, 0.5) is 0 Å². The number of nitrogens with zero attached hydrogens (tertiary/aromatic N) is 2. The van der Waals surface area contributed by atoms with E-state index in [0.717, 1.165) is 26.2 Å². The van der Waals surface area contributed by atoms with Gasteiger partial charge in [-0.2, -0.15) is 0 Å². The lowest BCUT2D eigenvalue weighted by Crippen LogP contribution is -2.26. The Morgan fingerprint density at radius 3 is 2.79 bits per heavy atom. The summed E-state index contributed by atoms with van der Waals surface area (Å²) >= 11 is 0. The van der Waals surface area contributed by atoms with Crippen molar-refractivity contribution in [3.63, 3.8) is 0 Å². The maximum Gasteiger partial charge on any atom is 0.0261 e. The summed E-state index contributed by atoms with van der Waals surface area (Å²) in [7, 11) is 0. The van der Waals surface area contributed by atoms with E-state index < -0.39 is 0 Å². The normalized spacial score (nSPS) is 19.1. The van der Waals surface area contributed by atoms with Crippen molar-refractivity contribution in [3.05, 3.63) is 35.9 Å². The summed E-state index contributed by atoms with van der Waals surface area (Å²) in [6, 6.07) is 10.7. The van der Waals surface area contributed by atoms with E-state index in [-0.39, 0.29) is 0 Å². The van der Waals surface area contributed by atoms with Crippen molar-refractivity contribution in [1.82, 2.24) is 10.2 Å². The molecule has 2 heteroatoms. The SMILES string of the molecule is c1ccc(CN2CCC[N]CC2)cc1. The van der Waals surface area contributed by atoms with Crippen molar-refractivity contribution in [1.29, 1.82) is 0 Å². The molecule has 1 aromatic carbocycles. The molecule has 0 unspecified atom stereocenters. The van der Waals surface area contributed by atoms with Gasteiger partial charge in [-0.3, -0.25) is 4.90 Å². The maximum atomic E-state index is 4.42. The van der Waals surface area contributed by atoms with Crippen LogP contribution in [0.3, 0.4) is 0 Å². The molecule has 0 amide bonds. The van der Waals surface area contributed by atoms with Crippen LogP contribution in [0.5, 0.6) is 0 Å². The lowest BCUT2D eigenvalue weighted by Gasteiger charge is -2.18. The van der Waals surface area contributed by atoms with Gasteiger partial charge in [-0.15, -0.1) is 0 Å². The van der Waals surface area contributed by atoms with E-state index in [2.05, 4.69) is 40.5 Å². The zero-order valence-corrected chi connectivity index (χ0v) is 8.52. The summed E-state index contributed by atoms with van der Waals surface area (Å²) in [4.78, 5) is 2.49. The molecule has 0 N–H and O–H groups in total. The summed E-state index contributed by atoms with van der Waals surface area (Å²) in [5.41, 5.74) is 1.41. The second-order valence-corrected chi connectivity index (χ2v) is 3.79. The van der Waals surface area contributed by atoms with E-state index in [4.69, 9.17) is 0 Å². The molecule has 0 saturated carbocycles. The molecular weight excluding hydrogens is 172 g/mol.